The summed E-state index contributed by atoms with van der Waals surface area (Å²) in [5, 5.41) is 4.30. The second-order valence-corrected chi connectivity index (χ2v) is 8.19. The zero-order chi connectivity index (χ0) is 20.7. The lowest BCUT2D eigenvalue weighted by molar-refractivity contribution is 0.0917. The predicted molar refractivity (Wildman–Crippen MR) is 118 cm³/mol. The quantitative estimate of drug-likeness (QED) is 0.527. The van der Waals surface area contributed by atoms with Crippen LogP contribution in [0.2, 0.25) is 0 Å². The molecule has 4 aromatic rings. The first kappa shape index (κ1) is 18.7. The van der Waals surface area contributed by atoms with Gasteiger partial charge in [-0.2, -0.15) is 0 Å². The van der Waals surface area contributed by atoms with Crippen molar-refractivity contribution >= 4 is 27.8 Å². The molecule has 6 heteroatoms. The van der Waals surface area contributed by atoms with Crippen molar-refractivity contribution < 1.29 is 9.53 Å². The van der Waals surface area contributed by atoms with Crippen LogP contribution in [0.5, 0.6) is 5.75 Å². The molecule has 5 rings (SSSR count). The summed E-state index contributed by atoms with van der Waals surface area (Å²) in [6, 6.07) is 16.1. The van der Waals surface area contributed by atoms with Crippen LogP contribution in [0, 0.1) is 0 Å². The van der Waals surface area contributed by atoms with E-state index in [1.807, 2.05) is 54.1 Å². The number of nitrogens with zero attached hydrogens (tertiary/aromatic N) is 2. The van der Waals surface area contributed by atoms with E-state index in [1.165, 1.54) is 0 Å². The smallest absolute Gasteiger partial charge is 0.268 e. The molecule has 1 aliphatic carbocycles. The molecule has 2 heterocycles. The van der Waals surface area contributed by atoms with Crippen LogP contribution in [0.1, 0.15) is 47.9 Å². The highest BCUT2D eigenvalue weighted by atomic mass is 16.5. The first-order valence-electron chi connectivity index (χ1n) is 10.5. The van der Waals surface area contributed by atoms with E-state index in [2.05, 4.69) is 16.4 Å². The minimum absolute atomic E-state index is 0.0251. The zero-order valence-electron chi connectivity index (χ0n) is 17.3. The Bertz CT molecular complexity index is 1190. The summed E-state index contributed by atoms with van der Waals surface area (Å²) < 4.78 is 7.26. The van der Waals surface area contributed by atoms with Crippen molar-refractivity contribution in [1.82, 2.24) is 19.9 Å². The monoisotopic (exact) mass is 402 g/mol. The van der Waals surface area contributed by atoms with E-state index in [0.29, 0.717) is 11.6 Å². The molecule has 1 saturated carbocycles. The van der Waals surface area contributed by atoms with Gasteiger partial charge in [0.25, 0.3) is 5.91 Å². The van der Waals surface area contributed by atoms with Gasteiger partial charge in [-0.05, 0) is 49.6 Å². The average Bonchev–Trinajstić information content (AvgIpc) is 3.35. The molecule has 0 aliphatic heterocycles. The molecule has 1 unspecified atom stereocenters. The van der Waals surface area contributed by atoms with E-state index in [-0.39, 0.29) is 11.9 Å². The van der Waals surface area contributed by atoms with Crippen LogP contribution in [-0.2, 0) is 7.05 Å². The van der Waals surface area contributed by atoms with E-state index in [1.54, 1.807) is 7.11 Å². The van der Waals surface area contributed by atoms with Crippen LogP contribution in [0.4, 0.5) is 0 Å². The molecule has 6 nitrogen and oxygen atoms in total. The Balaban J connectivity index is 1.33. The number of aromatic nitrogens is 3. The Hall–Kier alpha value is -3.28. The van der Waals surface area contributed by atoms with Gasteiger partial charge in [-0.3, -0.25) is 4.79 Å². The SMILES string of the molecule is COc1ccc2cc(C(=O)NC3CCC[C@H](c4nc5ccccc5[nH]4)C3)n(C)c2c1. The summed E-state index contributed by atoms with van der Waals surface area (Å²) in [6.07, 6.45) is 4.09. The molecule has 154 valence electrons. The Morgan fingerprint density at radius 1 is 1.20 bits per heavy atom. The number of H-pyrrole nitrogens is 1. The van der Waals surface area contributed by atoms with Crippen molar-refractivity contribution in [1.29, 1.82) is 0 Å². The molecule has 0 bridgehead atoms. The standard InChI is InChI=1S/C24H26N4O2/c1-28-21-14-18(30-2)11-10-15(21)13-22(28)24(29)25-17-7-5-6-16(12-17)23-26-19-8-3-4-9-20(19)27-23/h3-4,8-11,13-14,16-17H,5-7,12H2,1-2H3,(H,25,29)(H,26,27)/t16-,17?/m0/s1. The second kappa shape index (κ2) is 7.52. The highest BCUT2D eigenvalue weighted by Crippen LogP contribution is 2.33. The van der Waals surface area contributed by atoms with Gasteiger partial charge in [-0.15, -0.1) is 0 Å². The fourth-order valence-corrected chi connectivity index (χ4v) is 4.65. The Labute approximate surface area is 175 Å². The van der Waals surface area contributed by atoms with Crippen molar-refractivity contribution in [3.8, 4) is 5.75 Å². The number of amides is 1. The second-order valence-electron chi connectivity index (χ2n) is 8.19. The Morgan fingerprint density at radius 2 is 2.07 bits per heavy atom. The number of hydrogen-bond donors (Lipinski definition) is 2. The minimum atomic E-state index is -0.0251. The van der Waals surface area contributed by atoms with Crippen LogP contribution >= 0.6 is 0 Å². The molecule has 0 saturated heterocycles. The van der Waals surface area contributed by atoms with Gasteiger partial charge < -0.3 is 19.6 Å². The molecule has 1 amide bonds. The molecule has 2 aromatic heterocycles. The number of imidazole rings is 1. The number of carbonyl (C=O) groups excluding carboxylic acids is 1. The van der Waals surface area contributed by atoms with Gasteiger partial charge >= 0.3 is 0 Å². The van der Waals surface area contributed by atoms with Crippen molar-refractivity contribution in [3.05, 3.63) is 60.0 Å². The number of benzene rings is 2. The van der Waals surface area contributed by atoms with Crippen molar-refractivity contribution in [2.45, 2.75) is 37.6 Å². The highest BCUT2D eigenvalue weighted by molar-refractivity contribution is 5.99. The molecular formula is C24H26N4O2. The van der Waals surface area contributed by atoms with Crippen LogP contribution in [0.15, 0.2) is 48.5 Å². The van der Waals surface area contributed by atoms with E-state index < -0.39 is 0 Å². The van der Waals surface area contributed by atoms with Gasteiger partial charge in [0, 0.05) is 30.5 Å². The Kier molecular flexibility index (Phi) is 4.69. The maximum atomic E-state index is 13.1. The largest absolute Gasteiger partial charge is 0.497 e. The predicted octanol–water partition coefficient (Wildman–Crippen LogP) is 4.52. The van der Waals surface area contributed by atoms with E-state index >= 15 is 0 Å². The maximum Gasteiger partial charge on any atom is 0.268 e. The van der Waals surface area contributed by atoms with Gasteiger partial charge in [0.1, 0.15) is 17.3 Å². The van der Waals surface area contributed by atoms with E-state index in [9.17, 15) is 4.79 Å². The average molecular weight is 402 g/mol. The van der Waals surface area contributed by atoms with Crippen molar-refractivity contribution in [2.24, 2.45) is 7.05 Å². The summed E-state index contributed by atoms with van der Waals surface area (Å²) in [7, 11) is 3.58. The number of aromatic amines is 1. The minimum Gasteiger partial charge on any atom is -0.497 e. The van der Waals surface area contributed by atoms with Gasteiger partial charge in [0.2, 0.25) is 0 Å². The lowest BCUT2D eigenvalue weighted by Crippen LogP contribution is -2.38. The molecule has 2 N–H and O–H groups in total. The summed E-state index contributed by atoms with van der Waals surface area (Å²) in [5.74, 6) is 2.14. The van der Waals surface area contributed by atoms with E-state index in [4.69, 9.17) is 9.72 Å². The summed E-state index contributed by atoms with van der Waals surface area (Å²) in [4.78, 5) is 21.3. The number of rotatable bonds is 4. The lowest BCUT2D eigenvalue weighted by atomic mass is 9.85. The van der Waals surface area contributed by atoms with Gasteiger partial charge in [0.05, 0.1) is 23.7 Å². The zero-order valence-corrected chi connectivity index (χ0v) is 17.3. The van der Waals surface area contributed by atoms with Crippen molar-refractivity contribution in [2.75, 3.05) is 7.11 Å². The topological polar surface area (TPSA) is 71.9 Å². The number of aryl methyl sites for hydroxylation is 1. The third-order valence-electron chi connectivity index (χ3n) is 6.29. The fraction of sp³-hybridized carbons (Fsp3) is 0.333. The van der Waals surface area contributed by atoms with Crippen LogP contribution in [-0.4, -0.2) is 33.6 Å². The molecule has 2 aromatic carbocycles. The first-order valence-corrected chi connectivity index (χ1v) is 10.5. The van der Waals surface area contributed by atoms with Gasteiger partial charge in [-0.1, -0.05) is 18.6 Å². The van der Waals surface area contributed by atoms with E-state index in [0.717, 1.165) is 59.2 Å². The number of nitrogens with one attached hydrogen (secondary N) is 2. The molecule has 1 aliphatic rings. The van der Waals surface area contributed by atoms with Gasteiger partial charge in [0.15, 0.2) is 0 Å². The van der Waals surface area contributed by atoms with Gasteiger partial charge in [-0.25, -0.2) is 4.98 Å². The normalized spacial score (nSPS) is 19.3. The lowest BCUT2D eigenvalue weighted by Gasteiger charge is -2.28. The number of ether oxygens (including phenoxy) is 1. The molecule has 1 fully saturated rings. The van der Waals surface area contributed by atoms with Crippen LogP contribution in [0.25, 0.3) is 21.9 Å². The molecular weight excluding hydrogens is 376 g/mol. The van der Waals surface area contributed by atoms with Crippen LogP contribution < -0.4 is 10.1 Å². The molecule has 30 heavy (non-hydrogen) atoms. The number of fused-ring (bicyclic) bond motifs is 2. The third kappa shape index (κ3) is 3.32. The first-order chi connectivity index (χ1) is 14.6. The number of para-hydroxylation sites is 2. The molecule has 0 radical (unpaired) electrons. The molecule has 2 atom stereocenters. The summed E-state index contributed by atoms with van der Waals surface area (Å²) >= 11 is 0. The Morgan fingerprint density at radius 3 is 2.90 bits per heavy atom. The maximum absolute atomic E-state index is 13.1. The summed E-state index contributed by atoms with van der Waals surface area (Å²) in [5.41, 5.74) is 3.74. The summed E-state index contributed by atoms with van der Waals surface area (Å²) in [6.45, 7) is 0. The van der Waals surface area contributed by atoms with Crippen LogP contribution in [0.3, 0.4) is 0 Å². The highest BCUT2D eigenvalue weighted by Gasteiger charge is 2.27. The number of hydrogen-bond acceptors (Lipinski definition) is 3. The van der Waals surface area contributed by atoms with Crippen molar-refractivity contribution in [3.63, 3.8) is 0 Å². The number of carbonyl (C=O) groups is 1. The molecule has 0 spiro atoms. The number of methoxy groups -OCH3 is 1. The third-order valence-corrected chi connectivity index (χ3v) is 6.29. The fourth-order valence-electron chi connectivity index (χ4n) is 4.65.